The van der Waals surface area contributed by atoms with E-state index >= 15 is 0 Å². The smallest absolute Gasteiger partial charge is 0.329 e. The number of carbonyl (C=O) groups excluding carboxylic acids is 1. The molecule has 1 unspecified atom stereocenters. The Labute approximate surface area is 120 Å². The van der Waals surface area contributed by atoms with Gasteiger partial charge in [-0.3, -0.25) is 4.79 Å². The van der Waals surface area contributed by atoms with Crippen LogP contribution in [-0.4, -0.2) is 22.5 Å². The van der Waals surface area contributed by atoms with E-state index in [0.717, 1.165) is 12.8 Å². The van der Waals surface area contributed by atoms with Gasteiger partial charge in [-0.2, -0.15) is 0 Å². The fraction of sp³-hybridized carbons (Fsp3) is 0.500. The number of carboxylic acids is 1. The molecule has 0 saturated carbocycles. The van der Waals surface area contributed by atoms with Crippen molar-refractivity contribution in [1.29, 1.82) is 0 Å². The summed E-state index contributed by atoms with van der Waals surface area (Å²) in [6.45, 7) is 5.54. The molecule has 1 amide bonds. The van der Waals surface area contributed by atoms with Crippen molar-refractivity contribution in [1.82, 2.24) is 5.32 Å². The van der Waals surface area contributed by atoms with Gasteiger partial charge in [0.1, 0.15) is 5.54 Å². The molecular formula is C16H23NO3. The summed E-state index contributed by atoms with van der Waals surface area (Å²) < 4.78 is 0. The van der Waals surface area contributed by atoms with Gasteiger partial charge in [-0.25, -0.2) is 4.79 Å². The molecule has 0 spiro atoms. The standard InChI is InChI=1S/C16H23NO3/c1-4-6-12-7-9-13(10-8-12)14(18)17-16(3,11-5-2)15(19)20/h7-10H,4-6,11H2,1-3H3,(H,17,18)(H,19,20). The molecule has 0 fully saturated rings. The van der Waals surface area contributed by atoms with Gasteiger partial charge >= 0.3 is 5.97 Å². The summed E-state index contributed by atoms with van der Waals surface area (Å²) in [7, 11) is 0. The van der Waals surface area contributed by atoms with Gasteiger partial charge in [-0.15, -0.1) is 0 Å². The second-order valence-corrected chi connectivity index (χ2v) is 5.29. The zero-order valence-corrected chi connectivity index (χ0v) is 12.4. The molecule has 1 rings (SSSR count). The first-order chi connectivity index (χ1) is 9.42. The lowest BCUT2D eigenvalue weighted by molar-refractivity contribution is -0.144. The fourth-order valence-corrected chi connectivity index (χ4v) is 2.16. The number of benzene rings is 1. The Morgan fingerprint density at radius 1 is 1.15 bits per heavy atom. The number of hydrogen-bond acceptors (Lipinski definition) is 2. The average Bonchev–Trinajstić information content (AvgIpc) is 2.40. The highest BCUT2D eigenvalue weighted by Gasteiger charge is 2.33. The van der Waals surface area contributed by atoms with Crippen molar-refractivity contribution in [2.24, 2.45) is 0 Å². The van der Waals surface area contributed by atoms with Crippen molar-refractivity contribution in [3.05, 3.63) is 35.4 Å². The molecule has 0 radical (unpaired) electrons. The first kappa shape index (κ1) is 16.2. The van der Waals surface area contributed by atoms with Crippen LogP contribution >= 0.6 is 0 Å². The predicted octanol–water partition coefficient (Wildman–Crippen LogP) is 3.01. The van der Waals surface area contributed by atoms with Crippen molar-refractivity contribution in [3.8, 4) is 0 Å². The van der Waals surface area contributed by atoms with Crippen molar-refractivity contribution in [2.75, 3.05) is 0 Å². The molecular weight excluding hydrogens is 254 g/mol. The molecule has 0 aromatic heterocycles. The molecule has 0 heterocycles. The van der Waals surface area contributed by atoms with E-state index in [2.05, 4.69) is 12.2 Å². The first-order valence-corrected chi connectivity index (χ1v) is 7.07. The second-order valence-electron chi connectivity index (χ2n) is 5.29. The molecule has 4 nitrogen and oxygen atoms in total. The minimum atomic E-state index is -1.21. The Balaban J connectivity index is 2.81. The van der Waals surface area contributed by atoms with Gasteiger partial charge in [-0.1, -0.05) is 38.8 Å². The van der Waals surface area contributed by atoms with Crippen LogP contribution in [0.5, 0.6) is 0 Å². The van der Waals surface area contributed by atoms with E-state index in [1.165, 1.54) is 5.56 Å². The third-order valence-corrected chi connectivity index (χ3v) is 3.37. The van der Waals surface area contributed by atoms with Gasteiger partial charge in [-0.05, 0) is 37.5 Å². The molecule has 0 aliphatic heterocycles. The number of hydrogen-bond donors (Lipinski definition) is 2. The van der Waals surface area contributed by atoms with E-state index in [1.807, 2.05) is 19.1 Å². The summed E-state index contributed by atoms with van der Waals surface area (Å²) in [6, 6.07) is 7.32. The van der Waals surface area contributed by atoms with Crippen LogP contribution in [0.1, 0.15) is 56.0 Å². The fourth-order valence-electron chi connectivity index (χ4n) is 2.16. The Kier molecular flexibility index (Phi) is 5.74. The van der Waals surface area contributed by atoms with Gasteiger partial charge in [0.15, 0.2) is 0 Å². The SMILES string of the molecule is CCCc1ccc(C(=O)NC(C)(CCC)C(=O)O)cc1. The molecule has 1 aromatic carbocycles. The highest BCUT2D eigenvalue weighted by molar-refractivity contribution is 5.97. The van der Waals surface area contributed by atoms with Crippen molar-refractivity contribution in [3.63, 3.8) is 0 Å². The summed E-state index contributed by atoms with van der Waals surface area (Å²) >= 11 is 0. The quantitative estimate of drug-likeness (QED) is 0.805. The van der Waals surface area contributed by atoms with Gasteiger partial charge in [0.05, 0.1) is 0 Å². The van der Waals surface area contributed by atoms with Crippen LogP contribution in [0, 0.1) is 0 Å². The lowest BCUT2D eigenvalue weighted by Crippen LogP contribution is -2.52. The normalized spacial score (nSPS) is 13.6. The third-order valence-electron chi connectivity index (χ3n) is 3.37. The van der Waals surface area contributed by atoms with Crippen LogP contribution in [0.4, 0.5) is 0 Å². The number of aliphatic carboxylic acids is 1. The number of carboxylic acid groups (broad SMARTS) is 1. The highest BCUT2D eigenvalue weighted by Crippen LogP contribution is 2.14. The van der Waals surface area contributed by atoms with Crippen LogP contribution < -0.4 is 5.32 Å². The lowest BCUT2D eigenvalue weighted by atomic mass is 9.95. The average molecular weight is 277 g/mol. The maximum atomic E-state index is 12.1. The Bertz CT molecular complexity index is 467. The molecule has 0 aliphatic rings. The monoisotopic (exact) mass is 277 g/mol. The Morgan fingerprint density at radius 3 is 2.20 bits per heavy atom. The van der Waals surface area contributed by atoms with E-state index in [0.29, 0.717) is 18.4 Å². The minimum Gasteiger partial charge on any atom is -0.480 e. The second kappa shape index (κ2) is 7.08. The zero-order valence-electron chi connectivity index (χ0n) is 12.4. The largest absolute Gasteiger partial charge is 0.480 e. The van der Waals surface area contributed by atoms with E-state index in [-0.39, 0.29) is 5.91 Å². The third kappa shape index (κ3) is 4.08. The van der Waals surface area contributed by atoms with Crippen molar-refractivity contribution in [2.45, 2.75) is 52.0 Å². The molecule has 110 valence electrons. The molecule has 1 atom stereocenters. The molecule has 0 bridgehead atoms. The van der Waals surface area contributed by atoms with Crippen molar-refractivity contribution < 1.29 is 14.7 Å². The molecule has 1 aromatic rings. The van der Waals surface area contributed by atoms with E-state index in [9.17, 15) is 14.7 Å². The predicted molar refractivity (Wildman–Crippen MR) is 78.9 cm³/mol. The minimum absolute atomic E-state index is 0.341. The van der Waals surface area contributed by atoms with E-state index in [1.54, 1.807) is 19.1 Å². The number of carbonyl (C=O) groups is 2. The summed E-state index contributed by atoms with van der Waals surface area (Å²) in [5, 5.41) is 11.9. The highest BCUT2D eigenvalue weighted by atomic mass is 16.4. The summed E-state index contributed by atoms with van der Waals surface area (Å²) in [6.07, 6.45) is 3.13. The van der Waals surface area contributed by atoms with Crippen LogP contribution in [0.15, 0.2) is 24.3 Å². The summed E-state index contributed by atoms with van der Waals surface area (Å²) in [5.74, 6) is -1.35. The maximum Gasteiger partial charge on any atom is 0.329 e. The zero-order chi connectivity index (χ0) is 15.2. The van der Waals surface area contributed by atoms with E-state index in [4.69, 9.17) is 0 Å². The van der Waals surface area contributed by atoms with Crippen LogP contribution in [0.2, 0.25) is 0 Å². The molecule has 0 aliphatic carbocycles. The van der Waals surface area contributed by atoms with Crippen LogP contribution in [0.3, 0.4) is 0 Å². The van der Waals surface area contributed by atoms with Gasteiger partial charge in [0.25, 0.3) is 5.91 Å². The maximum absolute atomic E-state index is 12.1. The Morgan fingerprint density at radius 2 is 1.75 bits per heavy atom. The summed E-state index contributed by atoms with van der Waals surface area (Å²) in [5.41, 5.74) is 0.459. The number of rotatable bonds is 7. The van der Waals surface area contributed by atoms with Gasteiger partial charge < -0.3 is 10.4 Å². The van der Waals surface area contributed by atoms with Crippen molar-refractivity contribution >= 4 is 11.9 Å². The van der Waals surface area contributed by atoms with Crippen LogP contribution in [-0.2, 0) is 11.2 Å². The number of amides is 1. The molecule has 20 heavy (non-hydrogen) atoms. The lowest BCUT2D eigenvalue weighted by Gasteiger charge is -2.25. The van der Waals surface area contributed by atoms with E-state index < -0.39 is 11.5 Å². The molecule has 0 saturated heterocycles. The Hall–Kier alpha value is -1.84. The topological polar surface area (TPSA) is 66.4 Å². The molecule has 4 heteroatoms. The van der Waals surface area contributed by atoms with Gasteiger partial charge in [0.2, 0.25) is 0 Å². The van der Waals surface area contributed by atoms with Crippen LogP contribution in [0.25, 0.3) is 0 Å². The summed E-state index contributed by atoms with van der Waals surface area (Å²) in [4.78, 5) is 23.4. The number of nitrogens with one attached hydrogen (secondary N) is 1. The first-order valence-electron chi connectivity index (χ1n) is 7.07. The van der Waals surface area contributed by atoms with Gasteiger partial charge in [0, 0.05) is 5.56 Å². The molecule has 2 N–H and O–H groups in total. The number of aryl methyl sites for hydroxylation is 1.